The molecule has 0 saturated heterocycles. The maximum atomic E-state index is 11.0. The van der Waals surface area contributed by atoms with Crippen molar-refractivity contribution < 1.29 is 24.2 Å². The van der Waals surface area contributed by atoms with Crippen LogP contribution in [0.25, 0.3) is 0 Å². The van der Waals surface area contributed by atoms with Crippen molar-refractivity contribution in [3.63, 3.8) is 0 Å². The normalized spacial score (nSPS) is 11.6. The molecule has 1 rings (SSSR count). The third-order valence-corrected chi connectivity index (χ3v) is 1.95. The number of carbonyl (C=O) groups excluding carboxylic acids is 1. The fraction of sp³-hybridized carbons (Fsp3) is 0.273. The summed E-state index contributed by atoms with van der Waals surface area (Å²) in [5.41, 5.74) is 0.165. The van der Waals surface area contributed by atoms with Crippen LogP contribution >= 0.6 is 0 Å². The number of benzene rings is 1. The molecule has 1 aromatic carbocycles. The van der Waals surface area contributed by atoms with Gasteiger partial charge in [0.1, 0.15) is 5.75 Å². The molecule has 86 valence electrons. The topological polar surface area (TPSA) is 72.8 Å². The van der Waals surface area contributed by atoms with Crippen molar-refractivity contribution >= 4 is 11.9 Å². The molecular formula is C11H12O5. The van der Waals surface area contributed by atoms with E-state index in [1.54, 1.807) is 6.92 Å². The largest absolute Gasteiger partial charge is 0.479 e. The number of hydrogen-bond donors (Lipinski definition) is 1. The molecule has 0 heterocycles. The number of carbonyl (C=O) groups is 2. The van der Waals surface area contributed by atoms with E-state index in [1.807, 2.05) is 0 Å². The smallest absolute Gasteiger partial charge is 0.346 e. The molecule has 0 spiro atoms. The van der Waals surface area contributed by atoms with E-state index in [0.29, 0.717) is 5.75 Å². The first-order valence-electron chi connectivity index (χ1n) is 4.62. The SMILES string of the molecule is COC(=O)[C@H](C)Oc1ccc(C(=O)O)cc1. The summed E-state index contributed by atoms with van der Waals surface area (Å²) in [6.07, 6.45) is -0.722. The molecule has 1 N–H and O–H groups in total. The second-order valence-electron chi connectivity index (χ2n) is 3.11. The summed E-state index contributed by atoms with van der Waals surface area (Å²) >= 11 is 0. The molecule has 1 atom stereocenters. The Morgan fingerprint density at radius 3 is 2.25 bits per heavy atom. The van der Waals surface area contributed by atoms with E-state index < -0.39 is 18.0 Å². The fourth-order valence-corrected chi connectivity index (χ4v) is 1.09. The van der Waals surface area contributed by atoms with Gasteiger partial charge in [0.2, 0.25) is 0 Å². The van der Waals surface area contributed by atoms with Gasteiger partial charge in [-0.15, -0.1) is 0 Å². The minimum Gasteiger partial charge on any atom is -0.479 e. The Hall–Kier alpha value is -2.04. The number of carboxylic acid groups (broad SMARTS) is 1. The van der Waals surface area contributed by atoms with Gasteiger partial charge in [0.25, 0.3) is 0 Å². The minimum atomic E-state index is -1.01. The zero-order chi connectivity index (χ0) is 12.1. The molecule has 0 aliphatic carbocycles. The third-order valence-electron chi connectivity index (χ3n) is 1.95. The number of ether oxygens (including phenoxy) is 2. The fourth-order valence-electron chi connectivity index (χ4n) is 1.09. The van der Waals surface area contributed by atoms with Gasteiger partial charge >= 0.3 is 11.9 Å². The van der Waals surface area contributed by atoms with E-state index in [4.69, 9.17) is 9.84 Å². The van der Waals surface area contributed by atoms with E-state index >= 15 is 0 Å². The van der Waals surface area contributed by atoms with Gasteiger partial charge in [0, 0.05) is 0 Å². The molecule has 0 unspecified atom stereocenters. The number of esters is 1. The lowest BCUT2D eigenvalue weighted by molar-refractivity contribution is -0.147. The first kappa shape index (κ1) is 12.0. The Bertz CT molecular complexity index is 382. The zero-order valence-electron chi connectivity index (χ0n) is 8.97. The highest BCUT2D eigenvalue weighted by Crippen LogP contribution is 2.14. The summed E-state index contributed by atoms with van der Waals surface area (Å²) < 4.78 is 9.72. The van der Waals surface area contributed by atoms with Gasteiger partial charge in [-0.2, -0.15) is 0 Å². The lowest BCUT2D eigenvalue weighted by atomic mass is 10.2. The molecule has 1 aromatic rings. The van der Waals surface area contributed by atoms with Crippen LogP contribution in [0.3, 0.4) is 0 Å². The van der Waals surface area contributed by atoms with Crippen LogP contribution in [-0.2, 0) is 9.53 Å². The van der Waals surface area contributed by atoms with Crippen LogP contribution in [0.5, 0.6) is 5.75 Å². The number of methoxy groups -OCH3 is 1. The van der Waals surface area contributed by atoms with Crippen molar-refractivity contribution in [2.75, 3.05) is 7.11 Å². The van der Waals surface area contributed by atoms with Crippen molar-refractivity contribution in [1.29, 1.82) is 0 Å². The van der Waals surface area contributed by atoms with Crippen molar-refractivity contribution in [2.45, 2.75) is 13.0 Å². The summed E-state index contributed by atoms with van der Waals surface area (Å²) in [4.78, 5) is 21.6. The number of aromatic carboxylic acids is 1. The van der Waals surface area contributed by atoms with Gasteiger partial charge in [-0.05, 0) is 31.2 Å². The summed E-state index contributed by atoms with van der Waals surface area (Å²) in [5, 5.41) is 8.67. The molecular weight excluding hydrogens is 212 g/mol. The van der Waals surface area contributed by atoms with Crippen molar-refractivity contribution in [1.82, 2.24) is 0 Å². The summed E-state index contributed by atoms with van der Waals surface area (Å²) in [5.74, 6) is -1.07. The van der Waals surface area contributed by atoms with Crippen LogP contribution in [0, 0.1) is 0 Å². The molecule has 0 aromatic heterocycles. The highest BCUT2D eigenvalue weighted by atomic mass is 16.6. The summed E-state index contributed by atoms with van der Waals surface area (Å²) in [6.45, 7) is 1.55. The molecule has 16 heavy (non-hydrogen) atoms. The second kappa shape index (κ2) is 5.16. The maximum Gasteiger partial charge on any atom is 0.346 e. The average Bonchev–Trinajstić information content (AvgIpc) is 2.28. The van der Waals surface area contributed by atoms with E-state index in [2.05, 4.69) is 4.74 Å². The van der Waals surface area contributed by atoms with Gasteiger partial charge < -0.3 is 14.6 Å². The average molecular weight is 224 g/mol. The van der Waals surface area contributed by atoms with Crippen LogP contribution in [0.1, 0.15) is 17.3 Å². The van der Waals surface area contributed by atoms with Gasteiger partial charge in [-0.1, -0.05) is 0 Å². The lowest BCUT2D eigenvalue weighted by Crippen LogP contribution is -2.24. The Morgan fingerprint density at radius 1 is 1.25 bits per heavy atom. The molecule has 0 amide bonds. The first-order valence-corrected chi connectivity index (χ1v) is 4.62. The van der Waals surface area contributed by atoms with Crippen LogP contribution in [0.4, 0.5) is 0 Å². The maximum absolute atomic E-state index is 11.0. The van der Waals surface area contributed by atoms with Crippen LogP contribution in [-0.4, -0.2) is 30.3 Å². The lowest BCUT2D eigenvalue weighted by Gasteiger charge is -2.12. The Labute approximate surface area is 92.6 Å². The molecule has 0 saturated carbocycles. The standard InChI is InChI=1S/C11H12O5/c1-7(11(14)15-2)16-9-5-3-8(4-6-9)10(12)13/h3-7H,1-2H3,(H,12,13)/t7-/m0/s1. The van der Waals surface area contributed by atoms with Gasteiger partial charge in [-0.25, -0.2) is 9.59 Å². The second-order valence-corrected chi connectivity index (χ2v) is 3.11. The van der Waals surface area contributed by atoms with Crippen molar-refractivity contribution in [3.05, 3.63) is 29.8 Å². The van der Waals surface area contributed by atoms with Crippen LogP contribution < -0.4 is 4.74 Å². The quantitative estimate of drug-likeness (QED) is 0.781. The molecule has 0 fully saturated rings. The summed E-state index contributed by atoms with van der Waals surface area (Å²) in [7, 11) is 1.27. The van der Waals surface area contributed by atoms with Crippen molar-refractivity contribution in [2.24, 2.45) is 0 Å². The molecule has 0 bridgehead atoms. The zero-order valence-corrected chi connectivity index (χ0v) is 8.97. The molecule has 5 heteroatoms. The predicted molar refractivity (Wildman–Crippen MR) is 55.5 cm³/mol. The van der Waals surface area contributed by atoms with E-state index in [-0.39, 0.29) is 5.56 Å². The highest BCUT2D eigenvalue weighted by Gasteiger charge is 2.14. The van der Waals surface area contributed by atoms with E-state index in [9.17, 15) is 9.59 Å². The van der Waals surface area contributed by atoms with Crippen LogP contribution in [0.2, 0.25) is 0 Å². The number of carboxylic acids is 1. The van der Waals surface area contributed by atoms with Crippen molar-refractivity contribution in [3.8, 4) is 5.75 Å². The third kappa shape index (κ3) is 2.98. The highest BCUT2D eigenvalue weighted by molar-refractivity contribution is 5.87. The number of rotatable bonds is 4. The van der Waals surface area contributed by atoms with Gasteiger partial charge in [0.15, 0.2) is 6.10 Å². The van der Waals surface area contributed by atoms with Crippen LogP contribution in [0.15, 0.2) is 24.3 Å². The van der Waals surface area contributed by atoms with E-state index in [1.165, 1.54) is 31.4 Å². The Morgan fingerprint density at radius 2 is 1.81 bits per heavy atom. The van der Waals surface area contributed by atoms with Gasteiger partial charge in [0.05, 0.1) is 12.7 Å². The molecule has 0 radical (unpaired) electrons. The monoisotopic (exact) mass is 224 g/mol. The minimum absolute atomic E-state index is 0.165. The van der Waals surface area contributed by atoms with E-state index in [0.717, 1.165) is 0 Å². The Balaban J connectivity index is 2.68. The van der Waals surface area contributed by atoms with Gasteiger partial charge in [-0.3, -0.25) is 0 Å². The number of hydrogen-bond acceptors (Lipinski definition) is 4. The summed E-state index contributed by atoms with van der Waals surface area (Å²) in [6, 6.07) is 5.79. The first-order chi connectivity index (χ1) is 7.54. The predicted octanol–water partition coefficient (Wildman–Crippen LogP) is 1.33. The molecule has 0 aliphatic heterocycles. The Kier molecular flexibility index (Phi) is 3.88. The molecule has 5 nitrogen and oxygen atoms in total. The molecule has 0 aliphatic rings.